The summed E-state index contributed by atoms with van der Waals surface area (Å²) in [5.41, 5.74) is 0. The van der Waals surface area contributed by atoms with Crippen molar-refractivity contribution in [2.24, 2.45) is 0 Å². The second-order valence-corrected chi connectivity index (χ2v) is 5.44. The largest absolute Gasteiger partial charge is 0.490 e. The number of amides is 2. The SMILES string of the molecule is CC[C@H](CNC(=O)N1CCC(Oc2ccncc2)CC1)OC. The van der Waals surface area contributed by atoms with Gasteiger partial charge in [0.15, 0.2) is 0 Å². The highest BCUT2D eigenvalue weighted by atomic mass is 16.5. The van der Waals surface area contributed by atoms with Gasteiger partial charge in [0.1, 0.15) is 11.9 Å². The molecule has 1 fully saturated rings. The maximum absolute atomic E-state index is 12.1. The number of urea groups is 1. The minimum absolute atomic E-state index is 0.0159. The van der Waals surface area contributed by atoms with E-state index in [1.807, 2.05) is 24.0 Å². The summed E-state index contributed by atoms with van der Waals surface area (Å²) in [7, 11) is 1.67. The molecule has 1 aliphatic heterocycles. The first-order valence-electron chi connectivity index (χ1n) is 7.85. The molecule has 2 heterocycles. The minimum Gasteiger partial charge on any atom is -0.490 e. The molecule has 0 radical (unpaired) electrons. The van der Waals surface area contributed by atoms with Crippen LogP contribution in [0.15, 0.2) is 24.5 Å². The quantitative estimate of drug-likeness (QED) is 0.874. The van der Waals surface area contributed by atoms with Crippen LogP contribution in [-0.2, 0) is 4.74 Å². The van der Waals surface area contributed by atoms with Crippen LogP contribution in [0.25, 0.3) is 0 Å². The first kappa shape index (κ1) is 16.5. The first-order chi connectivity index (χ1) is 10.7. The molecular weight excluding hydrogens is 282 g/mol. The van der Waals surface area contributed by atoms with Crippen molar-refractivity contribution in [1.82, 2.24) is 15.2 Å². The van der Waals surface area contributed by atoms with E-state index < -0.39 is 0 Å². The predicted molar refractivity (Wildman–Crippen MR) is 83.9 cm³/mol. The second-order valence-electron chi connectivity index (χ2n) is 5.44. The topological polar surface area (TPSA) is 63.7 Å². The maximum atomic E-state index is 12.1. The zero-order valence-corrected chi connectivity index (χ0v) is 13.3. The fourth-order valence-corrected chi connectivity index (χ4v) is 2.49. The molecule has 0 saturated carbocycles. The zero-order valence-electron chi connectivity index (χ0n) is 13.3. The van der Waals surface area contributed by atoms with Crippen LogP contribution in [0, 0.1) is 0 Å². The van der Waals surface area contributed by atoms with Gasteiger partial charge in [0.05, 0.1) is 6.10 Å². The molecule has 6 heteroatoms. The fraction of sp³-hybridized carbons (Fsp3) is 0.625. The lowest BCUT2D eigenvalue weighted by molar-refractivity contribution is 0.0909. The van der Waals surface area contributed by atoms with Crippen molar-refractivity contribution in [2.45, 2.75) is 38.4 Å². The van der Waals surface area contributed by atoms with Crippen LogP contribution in [0.5, 0.6) is 5.75 Å². The van der Waals surface area contributed by atoms with Gasteiger partial charge in [-0.3, -0.25) is 4.98 Å². The number of likely N-dealkylation sites (tertiary alicyclic amines) is 1. The molecule has 1 N–H and O–H groups in total. The molecule has 1 aromatic heterocycles. The third-order valence-corrected chi connectivity index (χ3v) is 3.95. The molecule has 22 heavy (non-hydrogen) atoms. The van der Waals surface area contributed by atoms with E-state index in [4.69, 9.17) is 9.47 Å². The molecule has 0 unspecified atom stereocenters. The summed E-state index contributed by atoms with van der Waals surface area (Å²) in [4.78, 5) is 17.9. The molecule has 0 spiro atoms. The van der Waals surface area contributed by atoms with Crippen LogP contribution < -0.4 is 10.1 Å². The summed E-state index contributed by atoms with van der Waals surface area (Å²) in [6, 6.07) is 3.70. The molecule has 1 saturated heterocycles. The second kappa shape index (κ2) is 8.58. The highest BCUT2D eigenvalue weighted by Gasteiger charge is 2.24. The van der Waals surface area contributed by atoms with Gasteiger partial charge in [0.2, 0.25) is 0 Å². The predicted octanol–water partition coefficient (Wildman–Crippen LogP) is 2.06. The van der Waals surface area contributed by atoms with Gasteiger partial charge in [0.25, 0.3) is 0 Å². The molecule has 2 amide bonds. The molecule has 1 aliphatic rings. The van der Waals surface area contributed by atoms with Crippen molar-refractivity contribution in [2.75, 3.05) is 26.7 Å². The number of ether oxygens (including phenoxy) is 2. The van der Waals surface area contributed by atoms with Gasteiger partial charge in [-0.2, -0.15) is 0 Å². The highest BCUT2D eigenvalue weighted by molar-refractivity contribution is 5.74. The van der Waals surface area contributed by atoms with Crippen LogP contribution in [0.4, 0.5) is 4.79 Å². The Bertz CT molecular complexity index is 443. The molecule has 1 atom stereocenters. The number of methoxy groups -OCH3 is 1. The average molecular weight is 307 g/mol. The molecule has 0 aliphatic carbocycles. The van der Waals surface area contributed by atoms with Crippen LogP contribution in [0.2, 0.25) is 0 Å². The van der Waals surface area contributed by atoms with Crippen molar-refractivity contribution in [1.29, 1.82) is 0 Å². The molecule has 2 rings (SSSR count). The Morgan fingerprint density at radius 3 is 2.68 bits per heavy atom. The highest BCUT2D eigenvalue weighted by Crippen LogP contribution is 2.18. The minimum atomic E-state index is -0.0159. The Morgan fingerprint density at radius 2 is 2.09 bits per heavy atom. The van der Waals surface area contributed by atoms with Crippen LogP contribution in [-0.4, -0.2) is 54.9 Å². The van der Waals surface area contributed by atoms with Crippen molar-refractivity contribution in [3.8, 4) is 5.75 Å². The number of carbonyl (C=O) groups excluding carboxylic acids is 1. The number of hydrogen-bond acceptors (Lipinski definition) is 4. The van der Waals surface area contributed by atoms with Crippen molar-refractivity contribution >= 4 is 6.03 Å². The van der Waals surface area contributed by atoms with Gasteiger partial charge in [-0.15, -0.1) is 0 Å². The van der Waals surface area contributed by atoms with E-state index in [9.17, 15) is 4.79 Å². The van der Waals surface area contributed by atoms with Crippen molar-refractivity contribution in [3.63, 3.8) is 0 Å². The van der Waals surface area contributed by atoms with Crippen LogP contribution in [0.3, 0.4) is 0 Å². The number of pyridine rings is 1. The van der Waals surface area contributed by atoms with E-state index in [0.29, 0.717) is 19.6 Å². The molecular formula is C16H25N3O3. The van der Waals surface area contributed by atoms with Gasteiger partial charge in [-0.1, -0.05) is 6.92 Å². The normalized spacial score (nSPS) is 17.1. The smallest absolute Gasteiger partial charge is 0.317 e. The number of carbonyl (C=O) groups is 1. The summed E-state index contributed by atoms with van der Waals surface area (Å²) in [6.07, 6.45) is 6.26. The van der Waals surface area contributed by atoms with E-state index in [-0.39, 0.29) is 18.2 Å². The number of piperidine rings is 1. The van der Waals surface area contributed by atoms with Crippen molar-refractivity contribution in [3.05, 3.63) is 24.5 Å². The molecule has 0 aromatic carbocycles. The van der Waals surface area contributed by atoms with Gasteiger partial charge in [-0.25, -0.2) is 4.79 Å². The monoisotopic (exact) mass is 307 g/mol. The number of hydrogen-bond donors (Lipinski definition) is 1. The first-order valence-corrected chi connectivity index (χ1v) is 7.85. The number of aromatic nitrogens is 1. The summed E-state index contributed by atoms with van der Waals surface area (Å²) >= 11 is 0. The third kappa shape index (κ3) is 4.87. The van der Waals surface area contributed by atoms with E-state index in [0.717, 1.165) is 25.0 Å². The van der Waals surface area contributed by atoms with E-state index in [1.54, 1.807) is 19.5 Å². The van der Waals surface area contributed by atoms with Gasteiger partial charge >= 0.3 is 6.03 Å². The Labute approximate surface area is 131 Å². The standard InChI is InChI=1S/C16H25N3O3/c1-3-13(21-2)12-18-16(20)19-10-6-15(7-11-19)22-14-4-8-17-9-5-14/h4-5,8-9,13,15H,3,6-7,10-12H2,1-2H3,(H,18,20)/t13-/m1/s1. The Morgan fingerprint density at radius 1 is 1.41 bits per heavy atom. The number of nitrogens with one attached hydrogen (secondary N) is 1. The molecule has 0 bridgehead atoms. The van der Waals surface area contributed by atoms with Crippen LogP contribution >= 0.6 is 0 Å². The van der Waals surface area contributed by atoms with Crippen molar-refractivity contribution < 1.29 is 14.3 Å². The van der Waals surface area contributed by atoms with Gasteiger partial charge < -0.3 is 19.7 Å². The Kier molecular flexibility index (Phi) is 6.45. The van der Waals surface area contributed by atoms with Crippen LogP contribution in [0.1, 0.15) is 26.2 Å². The van der Waals surface area contributed by atoms with E-state index >= 15 is 0 Å². The summed E-state index contributed by atoms with van der Waals surface area (Å²) in [6.45, 7) is 4.03. The summed E-state index contributed by atoms with van der Waals surface area (Å²) in [5, 5.41) is 2.93. The van der Waals surface area contributed by atoms with Gasteiger partial charge in [0, 0.05) is 52.0 Å². The Balaban J connectivity index is 1.71. The average Bonchev–Trinajstić information content (AvgIpc) is 2.57. The molecule has 6 nitrogen and oxygen atoms in total. The van der Waals surface area contributed by atoms with Gasteiger partial charge in [-0.05, 0) is 18.6 Å². The van der Waals surface area contributed by atoms with E-state index in [2.05, 4.69) is 10.3 Å². The summed E-state index contributed by atoms with van der Waals surface area (Å²) < 4.78 is 11.2. The summed E-state index contributed by atoms with van der Waals surface area (Å²) in [5.74, 6) is 0.837. The third-order valence-electron chi connectivity index (χ3n) is 3.95. The van der Waals surface area contributed by atoms with E-state index in [1.165, 1.54) is 0 Å². The lowest BCUT2D eigenvalue weighted by Crippen LogP contribution is -2.48. The number of rotatable bonds is 6. The number of nitrogens with zero attached hydrogens (tertiary/aromatic N) is 2. The zero-order chi connectivity index (χ0) is 15.8. The fourth-order valence-electron chi connectivity index (χ4n) is 2.49. The maximum Gasteiger partial charge on any atom is 0.317 e. The molecule has 122 valence electrons. The lowest BCUT2D eigenvalue weighted by Gasteiger charge is -2.32. The molecule has 1 aromatic rings. The Hall–Kier alpha value is -1.82. The lowest BCUT2D eigenvalue weighted by atomic mass is 10.1.